The third-order valence-corrected chi connectivity index (χ3v) is 2.99. The highest BCUT2D eigenvalue weighted by molar-refractivity contribution is 4.79. The molecule has 1 saturated heterocycles. The van der Waals surface area contributed by atoms with E-state index in [9.17, 15) is 0 Å². The molecular weight excluding hydrogens is 160 g/mol. The minimum Gasteiger partial charge on any atom is -0.329 e. The smallest absolute Gasteiger partial charge is 0.0108 e. The van der Waals surface area contributed by atoms with Crippen LogP contribution in [0, 0.1) is 5.92 Å². The standard InChI is InChI=1S/C11H24N2/c1-10(2)5-6-11-4-3-8-13(11)9-7-12/h10-11H,3-9,12H2,1-2H3. The first kappa shape index (κ1) is 11.0. The highest BCUT2D eigenvalue weighted by atomic mass is 15.2. The van der Waals surface area contributed by atoms with Crippen molar-refractivity contribution >= 4 is 0 Å². The number of hydrogen-bond donors (Lipinski definition) is 1. The van der Waals surface area contributed by atoms with Gasteiger partial charge in [0.2, 0.25) is 0 Å². The van der Waals surface area contributed by atoms with E-state index in [-0.39, 0.29) is 0 Å². The Labute approximate surface area is 82.5 Å². The topological polar surface area (TPSA) is 29.3 Å². The van der Waals surface area contributed by atoms with Crippen LogP contribution in [0.15, 0.2) is 0 Å². The largest absolute Gasteiger partial charge is 0.329 e. The van der Waals surface area contributed by atoms with Crippen molar-refractivity contribution in [3.8, 4) is 0 Å². The molecule has 0 aromatic heterocycles. The average molecular weight is 184 g/mol. The van der Waals surface area contributed by atoms with Crippen LogP contribution in [-0.4, -0.2) is 30.6 Å². The van der Waals surface area contributed by atoms with Crippen LogP contribution in [0.3, 0.4) is 0 Å². The normalized spacial score (nSPS) is 24.5. The second-order valence-corrected chi connectivity index (χ2v) is 4.59. The first-order valence-electron chi connectivity index (χ1n) is 5.68. The first-order valence-corrected chi connectivity index (χ1v) is 5.68. The van der Waals surface area contributed by atoms with Gasteiger partial charge in [0.15, 0.2) is 0 Å². The van der Waals surface area contributed by atoms with Gasteiger partial charge in [-0.15, -0.1) is 0 Å². The molecule has 0 radical (unpaired) electrons. The third kappa shape index (κ3) is 3.65. The zero-order chi connectivity index (χ0) is 9.68. The number of rotatable bonds is 5. The molecule has 2 N–H and O–H groups in total. The summed E-state index contributed by atoms with van der Waals surface area (Å²) in [4.78, 5) is 2.57. The van der Waals surface area contributed by atoms with Gasteiger partial charge in [-0.05, 0) is 38.1 Å². The fourth-order valence-electron chi connectivity index (χ4n) is 2.21. The zero-order valence-corrected chi connectivity index (χ0v) is 9.13. The van der Waals surface area contributed by atoms with Crippen LogP contribution in [0.5, 0.6) is 0 Å². The van der Waals surface area contributed by atoms with E-state index in [2.05, 4.69) is 18.7 Å². The summed E-state index contributed by atoms with van der Waals surface area (Å²) in [5.41, 5.74) is 5.58. The second-order valence-electron chi connectivity index (χ2n) is 4.59. The fourth-order valence-corrected chi connectivity index (χ4v) is 2.21. The summed E-state index contributed by atoms with van der Waals surface area (Å²) < 4.78 is 0. The average Bonchev–Trinajstić information content (AvgIpc) is 2.49. The molecule has 0 saturated carbocycles. The molecule has 0 aromatic rings. The van der Waals surface area contributed by atoms with E-state index in [1.165, 1.54) is 32.2 Å². The van der Waals surface area contributed by atoms with Crippen LogP contribution in [0.1, 0.15) is 39.5 Å². The molecule has 0 bridgehead atoms. The molecule has 2 heteroatoms. The van der Waals surface area contributed by atoms with E-state index < -0.39 is 0 Å². The van der Waals surface area contributed by atoms with E-state index in [1.807, 2.05) is 0 Å². The summed E-state index contributed by atoms with van der Waals surface area (Å²) in [6.45, 7) is 7.81. The summed E-state index contributed by atoms with van der Waals surface area (Å²) in [5, 5.41) is 0. The molecule has 78 valence electrons. The number of hydrogen-bond acceptors (Lipinski definition) is 2. The van der Waals surface area contributed by atoms with Gasteiger partial charge in [-0.3, -0.25) is 4.90 Å². The maximum atomic E-state index is 5.58. The lowest BCUT2D eigenvalue weighted by atomic mass is 10.0. The molecule has 0 amide bonds. The second kappa shape index (κ2) is 5.61. The highest BCUT2D eigenvalue weighted by Crippen LogP contribution is 2.22. The summed E-state index contributed by atoms with van der Waals surface area (Å²) in [5.74, 6) is 0.848. The Balaban J connectivity index is 2.22. The van der Waals surface area contributed by atoms with E-state index >= 15 is 0 Å². The number of likely N-dealkylation sites (tertiary alicyclic amines) is 1. The summed E-state index contributed by atoms with van der Waals surface area (Å²) in [6.07, 6.45) is 5.51. The number of nitrogens with two attached hydrogens (primary N) is 1. The van der Waals surface area contributed by atoms with Crippen molar-refractivity contribution in [3.05, 3.63) is 0 Å². The molecule has 1 aliphatic rings. The Morgan fingerprint density at radius 1 is 1.46 bits per heavy atom. The highest BCUT2D eigenvalue weighted by Gasteiger charge is 2.22. The van der Waals surface area contributed by atoms with Crippen LogP contribution in [0.25, 0.3) is 0 Å². The minimum absolute atomic E-state index is 0.818. The summed E-state index contributed by atoms with van der Waals surface area (Å²) in [6, 6.07) is 0.839. The lowest BCUT2D eigenvalue weighted by Gasteiger charge is -2.24. The molecule has 0 spiro atoms. The Kier molecular flexibility index (Phi) is 4.74. The van der Waals surface area contributed by atoms with Crippen LogP contribution in [0.4, 0.5) is 0 Å². The molecule has 2 nitrogen and oxygen atoms in total. The van der Waals surface area contributed by atoms with E-state index in [0.29, 0.717) is 0 Å². The Morgan fingerprint density at radius 3 is 2.85 bits per heavy atom. The van der Waals surface area contributed by atoms with Crippen LogP contribution in [-0.2, 0) is 0 Å². The van der Waals surface area contributed by atoms with Crippen molar-refractivity contribution < 1.29 is 0 Å². The molecule has 1 heterocycles. The maximum Gasteiger partial charge on any atom is 0.0108 e. The van der Waals surface area contributed by atoms with Crippen LogP contribution < -0.4 is 5.73 Å². The SMILES string of the molecule is CC(C)CCC1CCCN1CCN. The van der Waals surface area contributed by atoms with Crippen molar-refractivity contribution in [2.45, 2.75) is 45.6 Å². The van der Waals surface area contributed by atoms with Gasteiger partial charge in [-0.2, -0.15) is 0 Å². The molecule has 1 rings (SSSR count). The minimum atomic E-state index is 0.818. The fraction of sp³-hybridized carbons (Fsp3) is 1.00. The molecule has 1 atom stereocenters. The zero-order valence-electron chi connectivity index (χ0n) is 9.13. The molecule has 0 aliphatic carbocycles. The van der Waals surface area contributed by atoms with Gasteiger partial charge in [0.05, 0.1) is 0 Å². The Hall–Kier alpha value is -0.0800. The lowest BCUT2D eigenvalue weighted by molar-refractivity contribution is 0.240. The van der Waals surface area contributed by atoms with Gasteiger partial charge in [-0.1, -0.05) is 13.8 Å². The summed E-state index contributed by atoms with van der Waals surface area (Å²) >= 11 is 0. The van der Waals surface area contributed by atoms with Crippen LogP contribution in [0.2, 0.25) is 0 Å². The maximum absolute atomic E-state index is 5.58. The van der Waals surface area contributed by atoms with E-state index in [0.717, 1.165) is 25.0 Å². The van der Waals surface area contributed by atoms with Crippen molar-refractivity contribution in [1.29, 1.82) is 0 Å². The van der Waals surface area contributed by atoms with Crippen molar-refractivity contribution in [3.63, 3.8) is 0 Å². The van der Waals surface area contributed by atoms with E-state index in [1.54, 1.807) is 0 Å². The molecule has 1 fully saturated rings. The summed E-state index contributed by atoms with van der Waals surface area (Å²) in [7, 11) is 0. The van der Waals surface area contributed by atoms with Gasteiger partial charge in [0.1, 0.15) is 0 Å². The molecule has 13 heavy (non-hydrogen) atoms. The van der Waals surface area contributed by atoms with Gasteiger partial charge in [0.25, 0.3) is 0 Å². The van der Waals surface area contributed by atoms with Crippen LogP contribution >= 0.6 is 0 Å². The van der Waals surface area contributed by atoms with Crippen molar-refractivity contribution in [2.24, 2.45) is 11.7 Å². The van der Waals surface area contributed by atoms with Gasteiger partial charge in [0, 0.05) is 19.1 Å². The predicted molar refractivity (Wildman–Crippen MR) is 57.7 cm³/mol. The number of nitrogens with zero attached hydrogens (tertiary/aromatic N) is 1. The van der Waals surface area contributed by atoms with Gasteiger partial charge < -0.3 is 5.73 Å². The first-order chi connectivity index (χ1) is 6.24. The third-order valence-electron chi connectivity index (χ3n) is 2.99. The monoisotopic (exact) mass is 184 g/mol. The molecule has 0 aromatic carbocycles. The molecular formula is C11H24N2. The molecule has 1 aliphatic heterocycles. The van der Waals surface area contributed by atoms with Crippen molar-refractivity contribution in [1.82, 2.24) is 4.90 Å². The van der Waals surface area contributed by atoms with Crippen molar-refractivity contribution in [2.75, 3.05) is 19.6 Å². The molecule has 1 unspecified atom stereocenters. The predicted octanol–water partition coefficient (Wildman–Crippen LogP) is 1.85. The lowest BCUT2D eigenvalue weighted by Crippen LogP contribution is -2.34. The van der Waals surface area contributed by atoms with E-state index in [4.69, 9.17) is 5.73 Å². The van der Waals surface area contributed by atoms with Gasteiger partial charge in [-0.25, -0.2) is 0 Å². The Bertz CT molecular complexity index is 134. The Morgan fingerprint density at radius 2 is 2.23 bits per heavy atom. The van der Waals surface area contributed by atoms with Gasteiger partial charge >= 0.3 is 0 Å². The quantitative estimate of drug-likeness (QED) is 0.706.